The van der Waals surface area contributed by atoms with E-state index in [0.717, 1.165) is 17.5 Å². The van der Waals surface area contributed by atoms with Crippen LogP contribution in [0.15, 0.2) is 16.6 Å². The van der Waals surface area contributed by atoms with E-state index in [1.807, 2.05) is 6.07 Å². The lowest BCUT2D eigenvalue weighted by Gasteiger charge is -2.04. The minimum absolute atomic E-state index is 0.171. The fraction of sp³-hybridized carbons (Fsp3) is 0.333. The van der Waals surface area contributed by atoms with E-state index in [4.69, 9.17) is 4.74 Å². The molecule has 0 saturated carbocycles. The lowest BCUT2D eigenvalue weighted by atomic mass is 10.1. The molecule has 1 heterocycles. The second-order valence-corrected chi connectivity index (χ2v) is 4.02. The number of epoxide rings is 1. The highest BCUT2D eigenvalue weighted by molar-refractivity contribution is 9.10. The minimum Gasteiger partial charge on any atom is -0.364 e. The van der Waals surface area contributed by atoms with Crippen LogP contribution in [0, 0.1) is 5.82 Å². The summed E-state index contributed by atoms with van der Waals surface area (Å²) in [6.45, 7) is 0. The Morgan fingerprint density at radius 3 is 3.17 bits per heavy atom. The van der Waals surface area contributed by atoms with Gasteiger partial charge in [-0.05, 0) is 33.1 Å². The zero-order valence-corrected chi connectivity index (χ0v) is 7.77. The van der Waals surface area contributed by atoms with Crippen molar-refractivity contribution in [2.75, 3.05) is 0 Å². The van der Waals surface area contributed by atoms with E-state index in [9.17, 15) is 4.39 Å². The number of hydrogen-bond donors (Lipinski definition) is 0. The van der Waals surface area contributed by atoms with Crippen LogP contribution in [0.4, 0.5) is 4.39 Å². The molecule has 0 aromatic heterocycles. The quantitative estimate of drug-likeness (QED) is 0.623. The number of hydrogen-bond acceptors (Lipinski definition) is 1. The van der Waals surface area contributed by atoms with Crippen LogP contribution in [0.3, 0.4) is 0 Å². The van der Waals surface area contributed by atoms with Crippen molar-refractivity contribution in [1.82, 2.24) is 0 Å². The van der Waals surface area contributed by atoms with Crippen LogP contribution in [0.1, 0.15) is 17.2 Å². The Balaban J connectivity index is 2.24. The average molecular weight is 229 g/mol. The molecule has 1 aromatic carbocycles. The number of benzene rings is 1. The molecule has 12 heavy (non-hydrogen) atoms. The van der Waals surface area contributed by atoms with E-state index in [-0.39, 0.29) is 11.9 Å². The predicted molar refractivity (Wildman–Crippen MR) is 45.4 cm³/mol. The summed E-state index contributed by atoms with van der Waals surface area (Å²) in [7, 11) is 0. The number of ether oxygens (including phenoxy) is 1. The zero-order valence-electron chi connectivity index (χ0n) is 6.18. The molecule has 0 amide bonds. The lowest BCUT2D eigenvalue weighted by molar-refractivity contribution is 0.360. The molecule has 62 valence electrons. The molecular formula is C9H6BrFO. The largest absolute Gasteiger partial charge is 0.364 e. The van der Waals surface area contributed by atoms with Gasteiger partial charge in [0.15, 0.2) is 0 Å². The first-order chi connectivity index (χ1) is 5.77. The summed E-state index contributed by atoms with van der Waals surface area (Å²) in [4.78, 5) is 0. The predicted octanol–water partition coefficient (Wildman–Crippen LogP) is 2.58. The van der Waals surface area contributed by atoms with Crippen molar-refractivity contribution in [3.8, 4) is 0 Å². The molecule has 0 radical (unpaired) electrons. The monoisotopic (exact) mass is 228 g/mol. The summed E-state index contributed by atoms with van der Waals surface area (Å²) < 4.78 is 19.0. The molecule has 1 nitrogen and oxygen atoms in total. The first-order valence-electron chi connectivity index (χ1n) is 3.89. The Morgan fingerprint density at radius 1 is 1.50 bits per heavy atom. The molecule has 1 fully saturated rings. The van der Waals surface area contributed by atoms with Gasteiger partial charge in [0, 0.05) is 6.42 Å². The highest BCUT2D eigenvalue weighted by Gasteiger charge is 2.48. The summed E-state index contributed by atoms with van der Waals surface area (Å²) in [6, 6.07) is 3.32. The number of halogens is 2. The summed E-state index contributed by atoms with van der Waals surface area (Å²) >= 11 is 3.25. The maximum Gasteiger partial charge on any atom is 0.137 e. The molecule has 0 N–H and O–H groups in total. The summed E-state index contributed by atoms with van der Waals surface area (Å²) in [5.74, 6) is -0.171. The average Bonchev–Trinajstić information content (AvgIpc) is 2.73. The van der Waals surface area contributed by atoms with Crippen LogP contribution < -0.4 is 0 Å². The molecule has 2 aliphatic rings. The van der Waals surface area contributed by atoms with Gasteiger partial charge in [-0.25, -0.2) is 4.39 Å². The first-order valence-corrected chi connectivity index (χ1v) is 4.69. The third-order valence-corrected chi connectivity index (χ3v) is 3.38. The Kier molecular flexibility index (Phi) is 1.23. The van der Waals surface area contributed by atoms with E-state index in [0.29, 0.717) is 10.6 Å². The van der Waals surface area contributed by atoms with E-state index < -0.39 is 0 Å². The number of rotatable bonds is 0. The van der Waals surface area contributed by atoms with Crippen molar-refractivity contribution in [3.63, 3.8) is 0 Å². The van der Waals surface area contributed by atoms with Crippen LogP contribution >= 0.6 is 15.9 Å². The van der Waals surface area contributed by atoms with Crippen LogP contribution in [-0.2, 0) is 11.2 Å². The van der Waals surface area contributed by atoms with Crippen molar-refractivity contribution in [1.29, 1.82) is 0 Å². The van der Waals surface area contributed by atoms with Gasteiger partial charge >= 0.3 is 0 Å². The van der Waals surface area contributed by atoms with Gasteiger partial charge in [-0.2, -0.15) is 0 Å². The third-order valence-electron chi connectivity index (χ3n) is 2.53. The molecule has 1 saturated heterocycles. The van der Waals surface area contributed by atoms with Crippen molar-refractivity contribution < 1.29 is 9.13 Å². The molecule has 2 atom stereocenters. The SMILES string of the molecule is Fc1ccc2c(c1Br)C[C@H]1O[C@@H]21. The van der Waals surface area contributed by atoms with Crippen molar-refractivity contribution in [2.45, 2.75) is 18.6 Å². The standard InChI is InChI=1S/C9H6BrFO/c10-8-5-3-7-9(12-7)4(5)1-2-6(8)11/h1-2,7,9H,3H2/t7-,9+/m1/s1. The molecular weight excluding hydrogens is 223 g/mol. The number of fused-ring (bicyclic) bond motifs is 3. The van der Waals surface area contributed by atoms with Crippen LogP contribution in [0.25, 0.3) is 0 Å². The Labute approximate surface area is 77.7 Å². The first kappa shape index (κ1) is 7.04. The summed E-state index contributed by atoms with van der Waals surface area (Å²) in [5.41, 5.74) is 2.25. The molecule has 0 unspecified atom stereocenters. The van der Waals surface area contributed by atoms with Crippen molar-refractivity contribution in [3.05, 3.63) is 33.5 Å². The second kappa shape index (κ2) is 2.09. The van der Waals surface area contributed by atoms with Gasteiger partial charge in [0.1, 0.15) is 11.9 Å². The highest BCUT2D eigenvalue weighted by Crippen LogP contribution is 2.50. The van der Waals surface area contributed by atoms with Crippen LogP contribution in [-0.4, -0.2) is 6.10 Å². The highest BCUT2D eigenvalue weighted by atomic mass is 79.9. The Hall–Kier alpha value is -0.410. The van der Waals surface area contributed by atoms with Gasteiger partial charge in [0.25, 0.3) is 0 Å². The second-order valence-electron chi connectivity index (χ2n) is 3.23. The van der Waals surface area contributed by atoms with Crippen LogP contribution in [0.2, 0.25) is 0 Å². The van der Waals surface area contributed by atoms with Gasteiger partial charge < -0.3 is 4.74 Å². The summed E-state index contributed by atoms with van der Waals surface area (Å²) in [6.07, 6.45) is 1.45. The minimum atomic E-state index is -0.171. The van der Waals surface area contributed by atoms with Crippen molar-refractivity contribution >= 4 is 15.9 Å². The van der Waals surface area contributed by atoms with E-state index in [2.05, 4.69) is 15.9 Å². The molecule has 0 spiro atoms. The van der Waals surface area contributed by atoms with Crippen molar-refractivity contribution in [2.24, 2.45) is 0 Å². The molecule has 0 bridgehead atoms. The normalized spacial score (nSPS) is 29.8. The Morgan fingerprint density at radius 2 is 2.33 bits per heavy atom. The third kappa shape index (κ3) is 0.756. The topological polar surface area (TPSA) is 12.5 Å². The van der Waals surface area contributed by atoms with Gasteiger partial charge in [-0.15, -0.1) is 0 Å². The zero-order chi connectivity index (χ0) is 8.29. The molecule has 1 aromatic rings. The Bertz CT molecular complexity index is 364. The summed E-state index contributed by atoms with van der Waals surface area (Å²) in [5, 5.41) is 0. The van der Waals surface area contributed by atoms with Crippen LogP contribution in [0.5, 0.6) is 0 Å². The van der Waals surface area contributed by atoms with Gasteiger partial charge in [-0.1, -0.05) is 6.07 Å². The van der Waals surface area contributed by atoms with Gasteiger partial charge in [0.05, 0.1) is 10.6 Å². The molecule has 1 aliphatic carbocycles. The van der Waals surface area contributed by atoms with Gasteiger partial charge in [0.2, 0.25) is 0 Å². The van der Waals surface area contributed by atoms with E-state index in [1.54, 1.807) is 0 Å². The van der Waals surface area contributed by atoms with E-state index >= 15 is 0 Å². The van der Waals surface area contributed by atoms with E-state index in [1.165, 1.54) is 6.07 Å². The molecule has 1 aliphatic heterocycles. The smallest absolute Gasteiger partial charge is 0.137 e. The lowest BCUT2D eigenvalue weighted by Crippen LogP contribution is -1.93. The fourth-order valence-corrected chi connectivity index (χ4v) is 2.38. The van der Waals surface area contributed by atoms with Gasteiger partial charge in [-0.3, -0.25) is 0 Å². The maximum atomic E-state index is 13.0. The molecule has 3 heteroatoms. The maximum absolute atomic E-state index is 13.0. The molecule has 3 rings (SSSR count). The fourth-order valence-electron chi connectivity index (χ4n) is 1.85.